The van der Waals surface area contributed by atoms with Gasteiger partial charge in [-0.25, -0.2) is 0 Å². The van der Waals surface area contributed by atoms with Crippen molar-refractivity contribution in [2.24, 2.45) is 10.9 Å². The van der Waals surface area contributed by atoms with Gasteiger partial charge < -0.3 is 20.9 Å². The third-order valence-corrected chi connectivity index (χ3v) is 5.53. The lowest BCUT2D eigenvalue weighted by Crippen LogP contribution is -2.47. The number of carbonyl (C=O) groups excluding carboxylic acids is 2. The lowest BCUT2D eigenvalue weighted by atomic mass is 9.84. The fourth-order valence-electron chi connectivity index (χ4n) is 3.85. The smallest absolute Gasteiger partial charge is 0.242 e. The van der Waals surface area contributed by atoms with Crippen LogP contribution in [0.25, 0.3) is 0 Å². The van der Waals surface area contributed by atoms with Crippen molar-refractivity contribution in [3.8, 4) is 0 Å². The molecule has 1 aromatic carbocycles. The van der Waals surface area contributed by atoms with Gasteiger partial charge in [0.2, 0.25) is 11.8 Å². The van der Waals surface area contributed by atoms with Gasteiger partial charge in [0.05, 0.1) is 25.7 Å². The van der Waals surface area contributed by atoms with Crippen molar-refractivity contribution in [1.29, 1.82) is 0 Å². The number of hydrogen-bond acceptors (Lipinski definition) is 5. The van der Waals surface area contributed by atoms with Crippen molar-refractivity contribution in [1.82, 2.24) is 20.9 Å². The molecule has 3 N–H and O–H groups in total. The zero-order valence-electron chi connectivity index (χ0n) is 17.0. The highest BCUT2D eigenvalue weighted by Crippen LogP contribution is 2.27. The monoisotopic (exact) mass is 513 g/mol. The molecule has 1 aromatic rings. The Kier molecular flexibility index (Phi) is 9.69. The van der Waals surface area contributed by atoms with E-state index in [0.717, 1.165) is 12.1 Å². The normalized spacial score (nSPS) is 18.8. The number of benzene rings is 1. The van der Waals surface area contributed by atoms with Gasteiger partial charge in [0.25, 0.3) is 0 Å². The minimum absolute atomic E-state index is 0. The first-order chi connectivity index (χ1) is 13.6. The van der Waals surface area contributed by atoms with Crippen molar-refractivity contribution in [2.45, 2.75) is 44.7 Å². The van der Waals surface area contributed by atoms with E-state index in [9.17, 15) is 9.59 Å². The van der Waals surface area contributed by atoms with E-state index < -0.39 is 0 Å². The molecule has 2 aliphatic rings. The van der Waals surface area contributed by atoms with E-state index >= 15 is 0 Å². The number of amides is 2. The predicted octanol–water partition coefficient (Wildman–Crippen LogP) is 1.88. The molecule has 1 unspecified atom stereocenters. The number of hydrogen-bond donors (Lipinski definition) is 3. The highest BCUT2D eigenvalue weighted by molar-refractivity contribution is 14.0. The SMILES string of the molecule is CN(Cc1ccccc1)C(=O)CNC(=O)CNC1=NCC(C2CCCCC2)N1.I. The van der Waals surface area contributed by atoms with Gasteiger partial charge in [0.15, 0.2) is 5.96 Å². The standard InChI is InChI=1S/C21H31N5O2.HI/c1-26(15-16-8-4-2-5-9-16)20(28)14-22-19(27)13-24-21-23-12-18(25-21)17-10-6-3-7-11-17;/h2,4-5,8-9,17-18H,3,6-7,10-15H2,1H3,(H,22,27)(H2,23,24,25);1H. The van der Waals surface area contributed by atoms with Crippen LogP contribution in [0.2, 0.25) is 0 Å². The summed E-state index contributed by atoms with van der Waals surface area (Å²) in [5, 5.41) is 9.13. The number of nitrogens with one attached hydrogen (secondary N) is 3. The summed E-state index contributed by atoms with van der Waals surface area (Å²) in [5.74, 6) is 1.04. The van der Waals surface area contributed by atoms with Gasteiger partial charge in [0, 0.05) is 13.6 Å². The molecule has 1 aliphatic carbocycles. The number of nitrogens with zero attached hydrogens (tertiary/aromatic N) is 2. The first kappa shape index (κ1) is 23.4. The summed E-state index contributed by atoms with van der Waals surface area (Å²) in [4.78, 5) is 30.3. The molecule has 1 aliphatic heterocycles. The van der Waals surface area contributed by atoms with Crippen molar-refractivity contribution in [3.05, 3.63) is 35.9 Å². The van der Waals surface area contributed by atoms with Crippen LogP contribution in [0.15, 0.2) is 35.3 Å². The van der Waals surface area contributed by atoms with Crippen LogP contribution in [-0.2, 0) is 16.1 Å². The van der Waals surface area contributed by atoms with E-state index in [1.54, 1.807) is 11.9 Å². The zero-order chi connectivity index (χ0) is 19.8. The number of carbonyl (C=O) groups is 2. The number of rotatable bonds is 7. The fourth-order valence-corrected chi connectivity index (χ4v) is 3.85. The second-order valence-electron chi connectivity index (χ2n) is 7.70. The van der Waals surface area contributed by atoms with Crippen LogP contribution in [0.3, 0.4) is 0 Å². The molecule has 0 bridgehead atoms. The summed E-state index contributed by atoms with van der Waals surface area (Å²) in [5.41, 5.74) is 1.06. The largest absolute Gasteiger partial charge is 0.352 e. The van der Waals surface area contributed by atoms with Gasteiger partial charge in [-0.1, -0.05) is 49.6 Å². The maximum atomic E-state index is 12.2. The average Bonchev–Trinajstić information content (AvgIpc) is 3.21. The summed E-state index contributed by atoms with van der Waals surface area (Å²) >= 11 is 0. The Hall–Kier alpha value is -1.84. The Balaban J connectivity index is 0.00000300. The molecular formula is C21H32IN5O2. The van der Waals surface area contributed by atoms with Crippen molar-refractivity contribution >= 4 is 41.8 Å². The first-order valence-electron chi connectivity index (χ1n) is 10.2. The van der Waals surface area contributed by atoms with Crippen LogP contribution < -0.4 is 16.0 Å². The van der Waals surface area contributed by atoms with Gasteiger partial charge in [-0.15, -0.1) is 24.0 Å². The van der Waals surface area contributed by atoms with E-state index in [2.05, 4.69) is 20.9 Å². The molecule has 3 rings (SSSR count). The molecule has 1 atom stereocenters. The highest BCUT2D eigenvalue weighted by atomic mass is 127. The third kappa shape index (κ3) is 7.49. The summed E-state index contributed by atoms with van der Waals surface area (Å²) in [7, 11) is 1.74. The van der Waals surface area contributed by atoms with Crippen LogP contribution in [0.5, 0.6) is 0 Å². The minimum Gasteiger partial charge on any atom is -0.352 e. The second-order valence-corrected chi connectivity index (χ2v) is 7.70. The van der Waals surface area contributed by atoms with E-state index in [-0.39, 0.29) is 48.9 Å². The molecular weight excluding hydrogens is 481 g/mol. The Morgan fingerprint density at radius 2 is 1.86 bits per heavy atom. The summed E-state index contributed by atoms with van der Waals surface area (Å²) < 4.78 is 0. The fraction of sp³-hybridized carbons (Fsp3) is 0.571. The molecule has 1 heterocycles. The molecule has 0 radical (unpaired) electrons. The molecule has 1 fully saturated rings. The van der Waals surface area contributed by atoms with E-state index in [1.807, 2.05) is 30.3 Å². The summed E-state index contributed by atoms with van der Waals surface area (Å²) in [6.45, 7) is 1.40. The Bertz CT molecular complexity index is 692. The van der Waals surface area contributed by atoms with Crippen LogP contribution >= 0.6 is 24.0 Å². The van der Waals surface area contributed by atoms with Gasteiger partial charge in [0.1, 0.15) is 0 Å². The molecule has 2 amide bonds. The molecule has 8 heteroatoms. The number of likely N-dealkylation sites (N-methyl/N-ethyl adjacent to an activating group) is 1. The second kappa shape index (κ2) is 12.0. The predicted molar refractivity (Wildman–Crippen MR) is 125 cm³/mol. The third-order valence-electron chi connectivity index (χ3n) is 5.53. The summed E-state index contributed by atoms with van der Waals surface area (Å²) in [6, 6.07) is 10.2. The Morgan fingerprint density at radius 3 is 2.59 bits per heavy atom. The molecule has 29 heavy (non-hydrogen) atoms. The quantitative estimate of drug-likeness (QED) is 0.487. The molecule has 0 saturated heterocycles. The van der Waals surface area contributed by atoms with Crippen molar-refractivity contribution in [2.75, 3.05) is 26.7 Å². The van der Waals surface area contributed by atoms with Gasteiger partial charge in [-0.2, -0.15) is 0 Å². The van der Waals surface area contributed by atoms with Crippen LogP contribution in [0.1, 0.15) is 37.7 Å². The lowest BCUT2D eigenvalue weighted by Gasteiger charge is -2.27. The van der Waals surface area contributed by atoms with Crippen molar-refractivity contribution < 1.29 is 9.59 Å². The maximum absolute atomic E-state index is 12.2. The Labute approximate surface area is 190 Å². The molecule has 1 saturated carbocycles. The number of halogens is 1. The number of aliphatic imine (C=N–C) groups is 1. The molecule has 7 nitrogen and oxygen atoms in total. The van der Waals surface area contributed by atoms with Gasteiger partial charge >= 0.3 is 0 Å². The molecule has 0 spiro atoms. The Morgan fingerprint density at radius 1 is 1.14 bits per heavy atom. The first-order valence-corrected chi connectivity index (χ1v) is 10.2. The molecule has 0 aromatic heterocycles. The van der Waals surface area contributed by atoms with Crippen molar-refractivity contribution in [3.63, 3.8) is 0 Å². The van der Waals surface area contributed by atoms with Gasteiger partial charge in [-0.3, -0.25) is 14.6 Å². The minimum atomic E-state index is -0.216. The van der Waals surface area contributed by atoms with E-state index in [4.69, 9.17) is 0 Å². The topological polar surface area (TPSA) is 85.8 Å². The summed E-state index contributed by atoms with van der Waals surface area (Å²) in [6.07, 6.45) is 6.48. The van der Waals surface area contributed by atoms with E-state index in [1.165, 1.54) is 32.1 Å². The van der Waals surface area contributed by atoms with Crippen LogP contribution in [0, 0.1) is 5.92 Å². The highest BCUT2D eigenvalue weighted by Gasteiger charge is 2.27. The number of guanidine groups is 1. The van der Waals surface area contributed by atoms with Crippen LogP contribution in [-0.4, -0.2) is 55.4 Å². The molecule has 160 valence electrons. The lowest BCUT2D eigenvalue weighted by molar-refractivity contribution is -0.132. The average molecular weight is 513 g/mol. The van der Waals surface area contributed by atoms with E-state index in [0.29, 0.717) is 24.5 Å². The maximum Gasteiger partial charge on any atom is 0.242 e. The van der Waals surface area contributed by atoms with Gasteiger partial charge in [-0.05, 0) is 24.3 Å². The zero-order valence-corrected chi connectivity index (χ0v) is 19.4. The van der Waals surface area contributed by atoms with Crippen LogP contribution in [0.4, 0.5) is 0 Å².